The Labute approximate surface area is 122 Å². The van der Waals surface area contributed by atoms with Crippen molar-refractivity contribution < 1.29 is 18.1 Å². The predicted molar refractivity (Wildman–Crippen MR) is 74.0 cm³/mol. The van der Waals surface area contributed by atoms with Gasteiger partial charge in [0.15, 0.2) is 0 Å². The maximum atomic E-state index is 12.5. The Morgan fingerprint density at radius 3 is 2.71 bits per heavy atom. The van der Waals surface area contributed by atoms with Gasteiger partial charge in [0, 0.05) is 38.8 Å². The standard InChI is InChI=1S/C12H15N3O5S/c1-20-9-8-14(7-3-6-13)21(18,19)12-5-2-4-11(10-12)15(16)17/h2,4-5,10H,3,7-9H2,1H3. The largest absolute Gasteiger partial charge is 0.383 e. The lowest BCUT2D eigenvalue weighted by Crippen LogP contribution is -2.34. The molecule has 0 bridgehead atoms. The molecule has 0 fully saturated rings. The number of non-ortho nitro benzene ring substituents is 1. The molecule has 0 atom stereocenters. The normalized spacial score (nSPS) is 11.3. The van der Waals surface area contributed by atoms with Crippen LogP contribution in [-0.4, -0.2) is 44.5 Å². The molecule has 0 aliphatic heterocycles. The van der Waals surface area contributed by atoms with Gasteiger partial charge in [0.2, 0.25) is 10.0 Å². The smallest absolute Gasteiger partial charge is 0.270 e. The van der Waals surface area contributed by atoms with Crippen molar-refractivity contribution in [3.05, 3.63) is 34.4 Å². The molecule has 114 valence electrons. The lowest BCUT2D eigenvalue weighted by atomic mass is 10.3. The van der Waals surface area contributed by atoms with Crippen molar-refractivity contribution in [1.82, 2.24) is 4.31 Å². The zero-order chi connectivity index (χ0) is 15.9. The van der Waals surface area contributed by atoms with Crippen LogP contribution in [0.5, 0.6) is 0 Å². The fourth-order valence-electron chi connectivity index (χ4n) is 1.63. The molecule has 8 nitrogen and oxygen atoms in total. The first-order valence-corrected chi connectivity index (χ1v) is 7.48. The highest BCUT2D eigenvalue weighted by atomic mass is 32.2. The average Bonchev–Trinajstić information content (AvgIpc) is 2.47. The summed E-state index contributed by atoms with van der Waals surface area (Å²) in [5.41, 5.74) is -0.303. The molecule has 1 aromatic carbocycles. The third-order valence-electron chi connectivity index (χ3n) is 2.68. The van der Waals surface area contributed by atoms with Gasteiger partial charge in [-0.25, -0.2) is 8.42 Å². The molecule has 1 rings (SSSR count). The van der Waals surface area contributed by atoms with Crippen molar-refractivity contribution in [2.24, 2.45) is 0 Å². The zero-order valence-electron chi connectivity index (χ0n) is 11.4. The van der Waals surface area contributed by atoms with Gasteiger partial charge in [-0.05, 0) is 6.07 Å². The van der Waals surface area contributed by atoms with E-state index in [1.807, 2.05) is 6.07 Å². The number of hydrogen-bond donors (Lipinski definition) is 0. The Morgan fingerprint density at radius 1 is 1.43 bits per heavy atom. The Hall–Kier alpha value is -2.02. The molecule has 0 N–H and O–H groups in total. The van der Waals surface area contributed by atoms with E-state index in [0.717, 1.165) is 10.4 Å². The number of benzene rings is 1. The van der Waals surface area contributed by atoms with Crippen molar-refractivity contribution in [1.29, 1.82) is 5.26 Å². The van der Waals surface area contributed by atoms with Crippen LogP contribution in [0.25, 0.3) is 0 Å². The van der Waals surface area contributed by atoms with Crippen molar-refractivity contribution >= 4 is 15.7 Å². The third kappa shape index (κ3) is 4.49. The van der Waals surface area contributed by atoms with Gasteiger partial charge in [-0.3, -0.25) is 10.1 Å². The van der Waals surface area contributed by atoms with Gasteiger partial charge in [-0.15, -0.1) is 0 Å². The second-order valence-electron chi connectivity index (χ2n) is 4.06. The topological polar surface area (TPSA) is 114 Å². The van der Waals surface area contributed by atoms with Crippen LogP contribution in [0.1, 0.15) is 6.42 Å². The van der Waals surface area contributed by atoms with Gasteiger partial charge < -0.3 is 4.74 Å². The van der Waals surface area contributed by atoms with Crippen LogP contribution in [0.15, 0.2) is 29.2 Å². The van der Waals surface area contributed by atoms with Crippen LogP contribution in [0.2, 0.25) is 0 Å². The molecule has 0 spiro atoms. The Balaban J connectivity index is 3.12. The van der Waals surface area contributed by atoms with Gasteiger partial charge in [0.05, 0.1) is 22.5 Å². The van der Waals surface area contributed by atoms with E-state index in [2.05, 4.69) is 0 Å². The molecule has 0 saturated heterocycles. The second-order valence-corrected chi connectivity index (χ2v) is 6.00. The Bertz CT molecular complexity index is 639. The summed E-state index contributed by atoms with van der Waals surface area (Å²) in [5.74, 6) is 0. The van der Waals surface area contributed by atoms with E-state index in [1.54, 1.807) is 0 Å². The quantitative estimate of drug-likeness (QED) is 0.525. The van der Waals surface area contributed by atoms with Crippen molar-refractivity contribution in [2.75, 3.05) is 26.8 Å². The van der Waals surface area contributed by atoms with E-state index < -0.39 is 14.9 Å². The fraction of sp³-hybridized carbons (Fsp3) is 0.417. The first-order chi connectivity index (χ1) is 9.93. The molecule has 0 aliphatic rings. The lowest BCUT2D eigenvalue weighted by Gasteiger charge is -2.20. The summed E-state index contributed by atoms with van der Waals surface area (Å²) in [5, 5.41) is 19.3. The summed E-state index contributed by atoms with van der Waals surface area (Å²) in [6.07, 6.45) is 0.0257. The molecule has 0 amide bonds. The number of nitro benzene ring substituents is 1. The van der Waals surface area contributed by atoms with Gasteiger partial charge in [-0.2, -0.15) is 9.57 Å². The number of nitrogens with zero attached hydrogens (tertiary/aromatic N) is 3. The molecule has 1 aromatic rings. The molecule has 9 heteroatoms. The maximum absolute atomic E-state index is 12.5. The summed E-state index contributed by atoms with van der Waals surface area (Å²) in [6, 6.07) is 6.69. The van der Waals surface area contributed by atoms with Gasteiger partial charge >= 0.3 is 0 Å². The molecular weight excluding hydrogens is 298 g/mol. The number of rotatable bonds is 8. The summed E-state index contributed by atoms with van der Waals surface area (Å²) in [6.45, 7) is 0.244. The van der Waals surface area contributed by atoms with Crippen LogP contribution >= 0.6 is 0 Å². The number of hydrogen-bond acceptors (Lipinski definition) is 6. The number of ether oxygens (including phenoxy) is 1. The zero-order valence-corrected chi connectivity index (χ0v) is 12.2. The van der Waals surface area contributed by atoms with E-state index in [0.29, 0.717) is 0 Å². The highest BCUT2D eigenvalue weighted by Gasteiger charge is 2.25. The van der Waals surface area contributed by atoms with Crippen molar-refractivity contribution in [2.45, 2.75) is 11.3 Å². The average molecular weight is 313 g/mol. The monoisotopic (exact) mass is 313 g/mol. The molecule has 0 unspecified atom stereocenters. The molecule has 0 heterocycles. The molecular formula is C12H15N3O5S. The van der Waals surface area contributed by atoms with Crippen LogP contribution in [0.4, 0.5) is 5.69 Å². The number of methoxy groups -OCH3 is 1. The minimum absolute atomic E-state index is 0.00485. The highest BCUT2D eigenvalue weighted by molar-refractivity contribution is 7.89. The summed E-state index contributed by atoms with van der Waals surface area (Å²) < 4.78 is 30.8. The van der Waals surface area contributed by atoms with Crippen LogP contribution < -0.4 is 0 Å². The number of nitro groups is 1. The van der Waals surface area contributed by atoms with E-state index in [-0.39, 0.29) is 36.7 Å². The second kappa shape index (κ2) is 7.68. The summed E-state index contributed by atoms with van der Waals surface area (Å²) >= 11 is 0. The van der Waals surface area contributed by atoms with Crippen LogP contribution in [0, 0.1) is 21.4 Å². The molecule has 0 radical (unpaired) electrons. The van der Waals surface area contributed by atoms with Crippen LogP contribution in [-0.2, 0) is 14.8 Å². The number of nitriles is 1. The molecule has 0 saturated carbocycles. The molecule has 21 heavy (non-hydrogen) atoms. The van der Waals surface area contributed by atoms with Gasteiger partial charge in [0.1, 0.15) is 0 Å². The SMILES string of the molecule is COCCN(CCC#N)S(=O)(=O)c1cccc([N+](=O)[O-])c1. The predicted octanol–water partition coefficient (Wildman–Crippen LogP) is 1.15. The lowest BCUT2D eigenvalue weighted by molar-refractivity contribution is -0.385. The minimum Gasteiger partial charge on any atom is -0.383 e. The first-order valence-electron chi connectivity index (χ1n) is 6.04. The van der Waals surface area contributed by atoms with Crippen molar-refractivity contribution in [3.8, 4) is 6.07 Å². The summed E-state index contributed by atoms with van der Waals surface area (Å²) in [7, 11) is -2.47. The first kappa shape index (κ1) is 17.0. The van der Waals surface area contributed by atoms with Gasteiger partial charge in [0.25, 0.3) is 5.69 Å². The van der Waals surface area contributed by atoms with E-state index in [4.69, 9.17) is 10.00 Å². The van der Waals surface area contributed by atoms with E-state index >= 15 is 0 Å². The fourth-order valence-corrected chi connectivity index (χ4v) is 3.09. The maximum Gasteiger partial charge on any atom is 0.270 e. The third-order valence-corrected chi connectivity index (χ3v) is 4.58. The Morgan fingerprint density at radius 2 is 2.14 bits per heavy atom. The molecule has 0 aliphatic carbocycles. The van der Waals surface area contributed by atoms with E-state index in [1.165, 1.54) is 25.3 Å². The van der Waals surface area contributed by atoms with E-state index in [9.17, 15) is 18.5 Å². The Kier molecular flexibility index (Phi) is 6.23. The van der Waals surface area contributed by atoms with Gasteiger partial charge in [-0.1, -0.05) is 6.07 Å². The van der Waals surface area contributed by atoms with Crippen LogP contribution in [0.3, 0.4) is 0 Å². The minimum atomic E-state index is -3.90. The number of sulfonamides is 1. The molecule has 0 aromatic heterocycles. The summed E-state index contributed by atoms with van der Waals surface area (Å²) in [4.78, 5) is 9.89. The van der Waals surface area contributed by atoms with Crippen molar-refractivity contribution in [3.63, 3.8) is 0 Å². The highest BCUT2D eigenvalue weighted by Crippen LogP contribution is 2.21.